The second kappa shape index (κ2) is 6.90. The molecule has 5 heteroatoms. The van der Waals surface area contributed by atoms with Gasteiger partial charge in [0.2, 0.25) is 5.88 Å². The fraction of sp³-hybridized carbons (Fsp3) is 0.294. The highest BCUT2D eigenvalue weighted by atomic mass is 35.5. The SMILES string of the molecule is COc1ccc(-c2cccc3c2CCC(N)C(=O)C3)cn1.Cl. The number of halogens is 1. The highest BCUT2D eigenvalue weighted by Crippen LogP contribution is 2.30. The number of methoxy groups -OCH3 is 1. The van der Waals surface area contributed by atoms with E-state index >= 15 is 0 Å². The van der Waals surface area contributed by atoms with E-state index in [4.69, 9.17) is 10.5 Å². The molecule has 1 unspecified atom stereocenters. The Hall–Kier alpha value is -1.91. The molecular formula is C17H19ClN2O2. The van der Waals surface area contributed by atoms with E-state index in [0.29, 0.717) is 18.7 Å². The van der Waals surface area contributed by atoms with Crippen LogP contribution in [0.4, 0.5) is 0 Å². The van der Waals surface area contributed by atoms with E-state index in [-0.39, 0.29) is 24.2 Å². The van der Waals surface area contributed by atoms with Crippen LogP contribution in [0.15, 0.2) is 36.5 Å². The van der Waals surface area contributed by atoms with Gasteiger partial charge in [0, 0.05) is 24.2 Å². The van der Waals surface area contributed by atoms with Crippen molar-refractivity contribution in [3.63, 3.8) is 0 Å². The van der Waals surface area contributed by atoms with Crippen molar-refractivity contribution in [3.8, 4) is 17.0 Å². The molecule has 1 atom stereocenters. The average molecular weight is 319 g/mol. The number of rotatable bonds is 2. The van der Waals surface area contributed by atoms with Gasteiger partial charge < -0.3 is 10.5 Å². The number of fused-ring (bicyclic) bond motifs is 1. The first-order valence-corrected chi connectivity index (χ1v) is 7.08. The minimum Gasteiger partial charge on any atom is -0.481 e. The molecule has 0 bridgehead atoms. The Morgan fingerprint density at radius 2 is 2.09 bits per heavy atom. The summed E-state index contributed by atoms with van der Waals surface area (Å²) >= 11 is 0. The Kier molecular flexibility index (Phi) is 5.16. The van der Waals surface area contributed by atoms with Crippen LogP contribution >= 0.6 is 12.4 Å². The van der Waals surface area contributed by atoms with Gasteiger partial charge in [0.1, 0.15) is 0 Å². The summed E-state index contributed by atoms with van der Waals surface area (Å²) in [4.78, 5) is 16.2. The summed E-state index contributed by atoms with van der Waals surface area (Å²) in [5, 5.41) is 0. The van der Waals surface area contributed by atoms with Gasteiger partial charge in [-0.15, -0.1) is 12.4 Å². The van der Waals surface area contributed by atoms with E-state index in [1.165, 1.54) is 5.56 Å². The van der Waals surface area contributed by atoms with E-state index in [2.05, 4.69) is 11.1 Å². The van der Waals surface area contributed by atoms with Crippen LogP contribution in [0.5, 0.6) is 5.88 Å². The molecule has 1 aliphatic rings. The maximum atomic E-state index is 12.0. The molecule has 0 spiro atoms. The third kappa shape index (κ3) is 3.13. The van der Waals surface area contributed by atoms with Crippen LogP contribution in [0.3, 0.4) is 0 Å². The van der Waals surface area contributed by atoms with Crippen molar-refractivity contribution in [2.75, 3.05) is 7.11 Å². The molecule has 0 aliphatic heterocycles. The molecule has 22 heavy (non-hydrogen) atoms. The van der Waals surface area contributed by atoms with Crippen molar-refractivity contribution in [2.24, 2.45) is 5.73 Å². The van der Waals surface area contributed by atoms with Crippen molar-refractivity contribution < 1.29 is 9.53 Å². The minimum atomic E-state index is -0.348. The monoisotopic (exact) mass is 318 g/mol. The summed E-state index contributed by atoms with van der Waals surface area (Å²) < 4.78 is 5.09. The second-order valence-corrected chi connectivity index (χ2v) is 5.32. The number of carbonyl (C=O) groups excluding carboxylic acids is 1. The van der Waals surface area contributed by atoms with Crippen molar-refractivity contribution >= 4 is 18.2 Å². The van der Waals surface area contributed by atoms with Crippen LogP contribution in [0.2, 0.25) is 0 Å². The van der Waals surface area contributed by atoms with E-state index in [0.717, 1.165) is 23.1 Å². The molecule has 0 fully saturated rings. The van der Waals surface area contributed by atoms with Crippen LogP contribution < -0.4 is 10.5 Å². The van der Waals surface area contributed by atoms with Crippen LogP contribution in [-0.2, 0) is 17.6 Å². The van der Waals surface area contributed by atoms with Crippen LogP contribution in [0.1, 0.15) is 17.5 Å². The maximum Gasteiger partial charge on any atom is 0.212 e. The normalized spacial score (nSPS) is 17.2. The van der Waals surface area contributed by atoms with E-state index in [1.807, 2.05) is 24.3 Å². The lowest BCUT2D eigenvalue weighted by atomic mass is 9.93. The Bertz CT molecular complexity index is 671. The molecular weight excluding hydrogens is 300 g/mol. The average Bonchev–Trinajstić information content (AvgIpc) is 2.66. The second-order valence-electron chi connectivity index (χ2n) is 5.32. The third-order valence-corrected chi connectivity index (χ3v) is 4.01. The number of nitrogens with zero attached hydrogens (tertiary/aromatic N) is 1. The molecule has 0 saturated carbocycles. The molecule has 116 valence electrons. The first kappa shape index (κ1) is 16.5. The topological polar surface area (TPSA) is 65.2 Å². The number of hydrogen-bond acceptors (Lipinski definition) is 4. The van der Waals surface area contributed by atoms with Crippen LogP contribution in [0, 0.1) is 0 Å². The molecule has 0 amide bonds. The summed E-state index contributed by atoms with van der Waals surface area (Å²) in [5.41, 5.74) is 10.4. The minimum absolute atomic E-state index is 0. The van der Waals surface area contributed by atoms with Crippen molar-refractivity contribution in [1.29, 1.82) is 0 Å². The zero-order chi connectivity index (χ0) is 14.8. The molecule has 1 aromatic heterocycles. The number of carbonyl (C=O) groups is 1. The molecule has 1 heterocycles. The van der Waals surface area contributed by atoms with Gasteiger partial charge in [-0.25, -0.2) is 4.98 Å². The lowest BCUT2D eigenvalue weighted by Crippen LogP contribution is -2.30. The number of ketones is 1. The standard InChI is InChI=1S/C17H18N2O2.ClH/c1-21-17-8-5-12(10-19-17)13-4-2-3-11-9-16(20)15(18)7-6-14(11)13;/h2-5,8,10,15H,6-7,9,18H2,1H3;1H. The zero-order valence-electron chi connectivity index (χ0n) is 12.4. The molecule has 4 nitrogen and oxygen atoms in total. The summed E-state index contributed by atoms with van der Waals surface area (Å²) in [6.07, 6.45) is 3.76. The lowest BCUT2D eigenvalue weighted by molar-refractivity contribution is -0.119. The summed E-state index contributed by atoms with van der Waals surface area (Å²) in [6, 6.07) is 9.58. The first-order valence-electron chi connectivity index (χ1n) is 7.08. The molecule has 2 N–H and O–H groups in total. The Labute approximate surface area is 136 Å². The zero-order valence-corrected chi connectivity index (χ0v) is 13.2. The molecule has 0 saturated heterocycles. The number of benzene rings is 1. The predicted molar refractivity (Wildman–Crippen MR) is 88.5 cm³/mol. The van der Waals surface area contributed by atoms with Gasteiger partial charge in [0.25, 0.3) is 0 Å². The largest absolute Gasteiger partial charge is 0.481 e. The molecule has 1 aromatic carbocycles. The highest BCUT2D eigenvalue weighted by molar-refractivity contribution is 5.87. The first-order chi connectivity index (χ1) is 10.2. The van der Waals surface area contributed by atoms with Crippen LogP contribution in [-0.4, -0.2) is 23.9 Å². The van der Waals surface area contributed by atoms with Gasteiger partial charge >= 0.3 is 0 Å². The van der Waals surface area contributed by atoms with E-state index in [1.54, 1.807) is 13.3 Å². The number of aromatic nitrogens is 1. The molecule has 0 radical (unpaired) electrons. The smallest absolute Gasteiger partial charge is 0.212 e. The van der Waals surface area contributed by atoms with E-state index < -0.39 is 0 Å². The summed E-state index contributed by atoms with van der Waals surface area (Å²) in [5.74, 6) is 0.719. The number of Topliss-reactive ketones (excluding diaryl/α,β-unsaturated/α-hetero) is 1. The van der Waals surface area contributed by atoms with Crippen molar-refractivity contribution in [2.45, 2.75) is 25.3 Å². The molecule has 3 rings (SSSR count). The fourth-order valence-electron chi connectivity index (χ4n) is 2.81. The van der Waals surface area contributed by atoms with Crippen molar-refractivity contribution in [3.05, 3.63) is 47.7 Å². The van der Waals surface area contributed by atoms with Gasteiger partial charge in [-0.3, -0.25) is 4.79 Å². The highest BCUT2D eigenvalue weighted by Gasteiger charge is 2.22. The van der Waals surface area contributed by atoms with Crippen LogP contribution in [0.25, 0.3) is 11.1 Å². The summed E-state index contributed by atoms with van der Waals surface area (Å²) in [7, 11) is 1.60. The lowest BCUT2D eigenvalue weighted by Gasteiger charge is -2.12. The molecule has 2 aromatic rings. The quantitative estimate of drug-likeness (QED) is 0.864. The van der Waals surface area contributed by atoms with E-state index in [9.17, 15) is 4.79 Å². The van der Waals surface area contributed by atoms with Gasteiger partial charge in [-0.1, -0.05) is 18.2 Å². The Morgan fingerprint density at radius 3 is 2.77 bits per heavy atom. The maximum absolute atomic E-state index is 12.0. The number of hydrogen-bond donors (Lipinski definition) is 1. The number of nitrogens with two attached hydrogens (primary N) is 1. The predicted octanol–water partition coefficient (Wildman–Crippen LogP) is 2.56. The third-order valence-electron chi connectivity index (χ3n) is 4.01. The Balaban J connectivity index is 0.00000176. The van der Waals surface area contributed by atoms with Gasteiger partial charge in [-0.2, -0.15) is 0 Å². The van der Waals surface area contributed by atoms with Gasteiger partial charge in [0.05, 0.1) is 13.2 Å². The number of pyridine rings is 1. The van der Waals surface area contributed by atoms with Crippen molar-refractivity contribution in [1.82, 2.24) is 4.98 Å². The Morgan fingerprint density at radius 1 is 1.27 bits per heavy atom. The van der Waals surface area contributed by atoms with Gasteiger partial charge in [-0.05, 0) is 35.6 Å². The fourth-order valence-corrected chi connectivity index (χ4v) is 2.81. The summed E-state index contributed by atoms with van der Waals surface area (Å²) in [6.45, 7) is 0. The number of ether oxygens (including phenoxy) is 1. The molecule has 1 aliphatic carbocycles. The van der Waals surface area contributed by atoms with Gasteiger partial charge in [0.15, 0.2) is 5.78 Å².